The van der Waals surface area contributed by atoms with Crippen LogP contribution in [0.1, 0.15) is 34.1 Å². The van der Waals surface area contributed by atoms with E-state index in [2.05, 4.69) is 10.3 Å². The van der Waals surface area contributed by atoms with E-state index < -0.39 is 21.7 Å². The molecule has 2 aromatic heterocycles. The summed E-state index contributed by atoms with van der Waals surface area (Å²) in [4.78, 5) is 24.0. The van der Waals surface area contributed by atoms with Crippen molar-refractivity contribution in [3.05, 3.63) is 83.2 Å². The van der Waals surface area contributed by atoms with Gasteiger partial charge in [-0.1, -0.05) is 6.07 Å². The molecular formula is C29H26F2N4O5S. The van der Waals surface area contributed by atoms with E-state index in [1.54, 1.807) is 36.5 Å². The number of nitrogens with zero attached hydrogens (tertiary/aromatic N) is 3. The SMILES string of the molecule is CC(F)(F)c1ccc2c(c1)N(c1ccc3cnc(CNC(=O)c4ccc5c(c4)S(=O)(=O)CCOC5)cc3n1)CCO2. The van der Waals surface area contributed by atoms with Crippen molar-refractivity contribution in [3.63, 3.8) is 0 Å². The van der Waals surface area contributed by atoms with Crippen LogP contribution in [0.5, 0.6) is 5.75 Å². The molecular weight excluding hydrogens is 554 g/mol. The van der Waals surface area contributed by atoms with Gasteiger partial charge in [-0.2, -0.15) is 0 Å². The number of amides is 1. The second kappa shape index (κ2) is 10.3. The lowest BCUT2D eigenvalue weighted by molar-refractivity contribution is 0.0174. The van der Waals surface area contributed by atoms with E-state index in [0.717, 1.165) is 12.3 Å². The second-order valence-corrected chi connectivity index (χ2v) is 12.1. The number of hydrogen-bond acceptors (Lipinski definition) is 8. The zero-order valence-electron chi connectivity index (χ0n) is 22.1. The topological polar surface area (TPSA) is 111 Å². The molecule has 41 heavy (non-hydrogen) atoms. The van der Waals surface area contributed by atoms with Crippen LogP contribution in [-0.2, 0) is 33.6 Å². The van der Waals surface area contributed by atoms with Crippen molar-refractivity contribution in [2.75, 3.05) is 30.4 Å². The summed E-state index contributed by atoms with van der Waals surface area (Å²) < 4.78 is 64.2. The summed E-state index contributed by atoms with van der Waals surface area (Å²) in [5.41, 5.74) is 2.30. The largest absolute Gasteiger partial charge is 0.490 e. The molecule has 0 saturated heterocycles. The molecule has 1 amide bonds. The van der Waals surface area contributed by atoms with E-state index in [4.69, 9.17) is 14.5 Å². The zero-order chi connectivity index (χ0) is 28.8. The smallest absolute Gasteiger partial charge is 0.270 e. The number of sulfone groups is 1. The lowest BCUT2D eigenvalue weighted by atomic mass is 10.1. The molecule has 2 aliphatic heterocycles. The number of benzene rings is 2. The maximum atomic E-state index is 14.0. The Morgan fingerprint density at radius 1 is 1.10 bits per heavy atom. The number of ether oxygens (including phenoxy) is 2. The number of rotatable bonds is 5. The summed E-state index contributed by atoms with van der Waals surface area (Å²) in [6.45, 7) is 2.03. The highest BCUT2D eigenvalue weighted by atomic mass is 32.2. The fraction of sp³-hybridized carbons (Fsp3) is 0.276. The quantitative estimate of drug-likeness (QED) is 0.367. The van der Waals surface area contributed by atoms with Crippen molar-refractivity contribution >= 4 is 38.2 Å². The van der Waals surface area contributed by atoms with Crippen LogP contribution in [0.25, 0.3) is 10.9 Å². The summed E-state index contributed by atoms with van der Waals surface area (Å²) in [6, 6.07) is 14.3. The minimum absolute atomic E-state index is 0.0863. The summed E-state index contributed by atoms with van der Waals surface area (Å²) >= 11 is 0. The summed E-state index contributed by atoms with van der Waals surface area (Å²) in [7, 11) is -3.54. The molecule has 212 valence electrons. The van der Waals surface area contributed by atoms with Crippen molar-refractivity contribution in [1.82, 2.24) is 15.3 Å². The average molecular weight is 581 g/mol. The molecule has 12 heteroatoms. The summed E-state index contributed by atoms with van der Waals surface area (Å²) in [6.07, 6.45) is 1.64. The van der Waals surface area contributed by atoms with Gasteiger partial charge in [-0.15, -0.1) is 0 Å². The first-order chi connectivity index (χ1) is 19.6. The predicted octanol–water partition coefficient (Wildman–Crippen LogP) is 4.51. The molecule has 0 radical (unpaired) electrons. The van der Waals surface area contributed by atoms with E-state index >= 15 is 0 Å². The van der Waals surface area contributed by atoms with Crippen LogP contribution in [0, 0.1) is 0 Å². The number of alkyl halides is 2. The standard InChI is InChI=1S/C29H26F2N4O5S/c1-29(30,31)21-5-6-25-24(13-21)35(8-9-40-25)27-7-4-19-15-32-22(14-23(19)34-27)16-33-28(36)18-2-3-20-17-39-10-11-41(37,38)26(20)12-18/h2-7,12-15H,8-11,16-17H2,1H3,(H,33,36). The number of carbonyl (C=O) groups excluding carboxylic acids is 1. The maximum Gasteiger partial charge on any atom is 0.270 e. The Morgan fingerprint density at radius 2 is 1.95 bits per heavy atom. The third-order valence-corrected chi connectivity index (χ3v) is 8.82. The molecule has 0 unspecified atom stereocenters. The number of aromatic nitrogens is 2. The van der Waals surface area contributed by atoms with Gasteiger partial charge in [0.2, 0.25) is 0 Å². The van der Waals surface area contributed by atoms with Gasteiger partial charge in [0.25, 0.3) is 11.8 Å². The molecule has 4 aromatic rings. The van der Waals surface area contributed by atoms with E-state index in [9.17, 15) is 22.0 Å². The molecule has 0 fully saturated rings. The van der Waals surface area contributed by atoms with Gasteiger partial charge in [0, 0.05) is 29.6 Å². The first kappa shape index (κ1) is 27.0. The van der Waals surface area contributed by atoms with Crippen LogP contribution in [0.4, 0.5) is 20.3 Å². The van der Waals surface area contributed by atoms with Gasteiger partial charge in [-0.3, -0.25) is 9.78 Å². The first-order valence-electron chi connectivity index (χ1n) is 13.0. The van der Waals surface area contributed by atoms with Gasteiger partial charge < -0.3 is 19.7 Å². The third kappa shape index (κ3) is 5.44. The molecule has 0 aliphatic carbocycles. The van der Waals surface area contributed by atoms with Crippen molar-refractivity contribution in [3.8, 4) is 5.75 Å². The number of halogens is 2. The summed E-state index contributed by atoms with van der Waals surface area (Å²) in [5.74, 6) is -2.51. The lowest BCUT2D eigenvalue weighted by Crippen LogP contribution is -2.29. The van der Waals surface area contributed by atoms with E-state index in [0.29, 0.717) is 47.2 Å². The Hall–Kier alpha value is -4.16. The minimum Gasteiger partial charge on any atom is -0.490 e. The highest BCUT2D eigenvalue weighted by Crippen LogP contribution is 2.40. The van der Waals surface area contributed by atoms with Gasteiger partial charge in [0.15, 0.2) is 9.84 Å². The predicted molar refractivity (Wildman–Crippen MR) is 147 cm³/mol. The molecule has 9 nitrogen and oxygen atoms in total. The Morgan fingerprint density at radius 3 is 2.78 bits per heavy atom. The number of pyridine rings is 2. The highest BCUT2D eigenvalue weighted by molar-refractivity contribution is 7.91. The van der Waals surface area contributed by atoms with Crippen LogP contribution in [-0.4, -0.2) is 49.8 Å². The normalized spacial score (nSPS) is 16.3. The molecule has 2 aromatic carbocycles. The van der Waals surface area contributed by atoms with Crippen LogP contribution in [0.3, 0.4) is 0 Å². The number of fused-ring (bicyclic) bond motifs is 3. The fourth-order valence-electron chi connectivity index (χ4n) is 4.86. The molecule has 6 rings (SSSR count). The summed E-state index contributed by atoms with van der Waals surface area (Å²) in [5, 5.41) is 3.56. The molecule has 4 heterocycles. The van der Waals surface area contributed by atoms with E-state index in [1.165, 1.54) is 18.2 Å². The van der Waals surface area contributed by atoms with Gasteiger partial charge in [0.05, 0.1) is 53.8 Å². The third-order valence-electron chi connectivity index (χ3n) is 7.07. The zero-order valence-corrected chi connectivity index (χ0v) is 22.9. The first-order valence-corrected chi connectivity index (χ1v) is 14.6. The number of nitrogens with one attached hydrogen (secondary N) is 1. The van der Waals surface area contributed by atoms with Crippen molar-refractivity contribution < 1.29 is 31.5 Å². The molecule has 1 N–H and O–H groups in total. The Balaban J connectivity index is 1.23. The van der Waals surface area contributed by atoms with Gasteiger partial charge in [-0.25, -0.2) is 22.2 Å². The number of hydrogen-bond donors (Lipinski definition) is 1. The van der Waals surface area contributed by atoms with E-state index in [-0.39, 0.29) is 41.5 Å². The highest BCUT2D eigenvalue weighted by Gasteiger charge is 2.29. The van der Waals surface area contributed by atoms with Crippen LogP contribution in [0.2, 0.25) is 0 Å². The van der Waals surface area contributed by atoms with Crippen molar-refractivity contribution in [1.29, 1.82) is 0 Å². The van der Waals surface area contributed by atoms with E-state index in [1.807, 2.05) is 11.0 Å². The average Bonchev–Trinajstić information content (AvgIpc) is 3.11. The molecule has 2 aliphatic rings. The Kier molecular flexibility index (Phi) is 6.82. The van der Waals surface area contributed by atoms with Crippen LogP contribution >= 0.6 is 0 Å². The van der Waals surface area contributed by atoms with Crippen LogP contribution < -0.4 is 15.0 Å². The Labute approximate surface area is 235 Å². The number of anilines is 2. The van der Waals surface area contributed by atoms with Crippen molar-refractivity contribution in [2.24, 2.45) is 0 Å². The van der Waals surface area contributed by atoms with Gasteiger partial charge in [0.1, 0.15) is 18.2 Å². The van der Waals surface area contributed by atoms with Gasteiger partial charge >= 0.3 is 0 Å². The fourth-order valence-corrected chi connectivity index (χ4v) is 6.25. The molecule has 0 saturated carbocycles. The molecule has 0 bridgehead atoms. The second-order valence-electron chi connectivity index (χ2n) is 9.99. The van der Waals surface area contributed by atoms with Crippen molar-refractivity contribution in [2.45, 2.75) is 30.9 Å². The molecule has 0 atom stereocenters. The minimum atomic E-state index is -3.54. The lowest BCUT2D eigenvalue weighted by Gasteiger charge is -2.31. The molecule has 0 spiro atoms. The van der Waals surface area contributed by atoms with Gasteiger partial charge in [-0.05, 0) is 54.1 Å². The maximum absolute atomic E-state index is 14.0. The van der Waals surface area contributed by atoms with Crippen LogP contribution in [0.15, 0.2) is 65.7 Å². The monoisotopic (exact) mass is 580 g/mol. The Bertz CT molecular complexity index is 1780. The number of carbonyl (C=O) groups is 1.